The molecule has 0 amide bonds. The monoisotopic (exact) mass is 447 g/mol. The number of ketones is 3. The van der Waals surface area contributed by atoms with Crippen LogP contribution >= 0.6 is 31.9 Å². The van der Waals surface area contributed by atoms with Crippen LogP contribution in [-0.4, -0.2) is 23.9 Å². The number of carbonyl (C=O) groups is 3. The summed E-state index contributed by atoms with van der Waals surface area (Å²) >= 11 is 6.58. The van der Waals surface area contributed by atoms with Gasteiger partial charge in [0.2, 0.25) is 11.6 Å². The lowest BCUT2D eigenvalue weighted by atomic mass is 9.66. The van der Waals surface area contributed by atoms with Crippen LogP contribution in [-0.2, 0) is 4.79 Å². The maximum absolute atomic E-state index is 13.1. The predicted octanol–water partition coefficient (Wildman–Crippen LogP) is 3.44. The number of Topliss-reactive ketones (excluding diaryl/α,β-unsaturated/α-hetero) is 3. The minimum Gasteiger partial charge on any atom is -0.381 e. The molecule has 1 aliphatic heterocycles. The van der Waals surface area contributed by atoms with Gasteiger partial charge in [-0.3, -0.25) is 14.4 Å². The van der Waals surface area contributed by atoms with E-state index in [9.17, 15) is 14.4 Å². The van der Waals surface area contributed by atoms with Crippen molar-refractivity contribution in [1.82, 2.24) is 5.32 Å². The molecule has 3 aliphatic rings. The fourth-order valence-corrected chi connectivity index (χ4v) is 5.05. The Labute approximate surface area is 154 Å². The molecular formula is C18H11Br2NO3. The summed E-state index contributed by atoms with van der Waals surface area (Å²) in [6.07, 6.45) is 4.08. The number of halogens is 2. The molecule has 0 radical (unpaired) electrons. The zero-order chi connectivity index (χ0) is 17.1. The van der Waals surface area contributed by atoms with Gasteiger partial charge < -0.3 is 5.32 Å². The fourth-order valence-electron chi connectivity index (χ4n) is 3.54. The van der Waals surface area contributed by atoms with Gasteiger partial charge in [0.15, 0.2) is 5.78 Å². The van der Waals surface area contributed by atoms with Crippen LogP contribution in [0, 0.1) is 5.41 Å². The molecule has 4 nitrogen and oxygen atoms in total. The molecule has 0 atom stereocenters. The van der Waals surface area contributed by atoms with Crippen LogP contribution in [0.2, 0.25) is 0 Å². The van der Waals surface area contributed by atoms with Gasteiger partial charge >= 0.3 is 0 Å². The van der Waals surface area contributed by atoms with Gasteiger partial charge in [-0.25, -0.2) is 0 Å². The first-order valence-corrected chi connectivity index (χ1v) is 9.02. The molecule has 0 saturated carbocycles. The topological polar surface area (TPSA) is 63.2 Å². The molecule has 1 N–H and O–H groups in total. The lowest BCUT2D eigenvalue weighted by Gasteiger charge is -2.40. The average molecular weight is 449 g/mol. The Morgan fingerprint density at radius 2 is 1.46 bits per heavy atom. The quantitative estimate of drug-likeness (QED) is 0.660. The molecule has 120 valence electrons. The van der Waals surface area contributed by atoms with E-state index in [2.05, 4.69) is 37.2 Å². The number of allylic oxidation sites excluding steroid dienone is 6. The summed E-state index contributed by atoms with van der Waals surface area (Å²) in [6, 6.07) is 6.85. The van der Waals surface area contributed by atoms with E-state index < -0.39 is 5.41 Å². The van der Waals surface area contributed by atoms with Gasteiger partial charge in [0, 0.05) is 28.7 Å². The molecule has 2 aliphatic carbocycles. The van der Waals surface area contributed by atoms with E-state index in [-0.39, 0.29) is 17.3 Å². The second kappa shape index (κ2) is 5.36. The van der Waals surface area contributed by atoms with E-state index in [1.165, 1.54) is 0 Å². The highest BCUT2D eigenvalue weighted by molar-refractivity contribution is 9.13. The number of hydrogen-bond acceptors (Lipinski definition) is 4. The summed E-state index contributed by atoms with van der Waals surface area (Å²) in [5, 5.41) is 3.09. The third-order valence-electron chi connectivity index (χ3n) is 4.63. The number of hydrogen-bond donors (Lipinski definition) is 1. The number of rotatable bonds is 0. The Morgan fingerprint density at radius 1 is 0.875 bits per heavy atom. The van der Waals surface area contributed by atoms with Crippen molar-refractivity contribution in [2.24, 2.45) is 5.41 Å². The third kappa shape index (κ3) is 2.06. The van der Waals surface area contributed by atoms with Crippen LogP contribution < -0.4 is 5.32 Å². The van der Waals surface area contributed by atoms with Crippen molar-refractivity contribution in [2.45, 2.75) is 6.42 Å². The minimum absolute atomic E-state index is 0.170. The van der Waals surface area contributed by atoms with Gasteiger partial charge in [-0.05, 0) is 38.3 Å². The third-order valence-corrected chi connectivity index (χ3v) is 5.81. The lowest BCUT2D eigenvalue weighted by Crippen LogP contribution is -2.44. The summed E-state index contributed by atoms with van der Waals surface area (Å²) in [6.45, 7) is 0.543. The van der Waals surface area contributed by atoms with Crippen molar-refractivity contribution in [3.8, 4) is 0 Å². The number of carbonyl (C=O) groups excluding carboxylic acids is 3. The van der Waals surface area contributed by atoms with Crippen molar-refractivity contribution in [3.63, 3.8) is 0 Å². The number of nitrogens with one attached hydrogen (secondary N) is 1. The zero-order valence-electron chi connectivity index (χ0n) is 12.4. The van der Waals surface area contributed by atoms with Gasteiger partial charge in [0.25, 0.3) is 0 Å². The Kier molecular flexibility index (Phi) is 3.51. The van der Waals surface area contributed by atoms with Crippen LogP contribution in [0.5, 0.6) is 0 Å². The SMILES string of the molecule is O=C1C(Br)=CC2(C=C1Br)CCNC1=C2C(=O)c2ccccc2C1=O. The number of benzene rings is 1. The Morgan fingerprint density at radius 3 is 2.08 bits per heavy atom. The standard InChI is InChI=1S/C18H11Br2NO3/c19-11-7-18(8-12(20)17(11)24)5-6-21-14-13(18)15(22)9-3-1-2-4-10(9)16(14)23/h1-4,7-8,21H,5-6H2. The van der Waals surface area contributed by atoms with Gasteiger partial charge in [0.1, 0.15) is 0 Å². The van der Waals surface area contributed by atoms with E-state index in [4.69, 9.17) is 0 Å². The molecule has 0 unspecified atom stereocenters. The molecule has 24 heavy (non-hydrogen) atoms. The van der Waals surface area contributed by atoms with Crippen molar-refractivity contribution in [2.75, 3.05) is 6.54 Å². The first-order chi connectivity index (χ1) is 11.4. The van der Waals surface area contributed by atoms with E-state index in [1.807, 2.05) is 0 Å². The largest absolute Gasteiger partial charge is 0.381 e. The molecule has 0 fully saturated rings. The van der Waals surface area contributed by atoms with Gasteiger partial charge in [-0.15, -0.1) is 0 Å². The smallest absolute Gasteiger partial charge is 0.210 e. The van der Waals surface area contributed by atoms with Crippen molar-refractivity contribution in [1.29, 1.82) is 0 Å². The highest BCUT2D eigenvalue weighted by Gasteiger charge is 2.47. The van der Waals surface area contributed by atoms with Gasteiger partial charge in [-0.2, -0.15) is 0 Å². The maximum Gasteiger partial charge on any atom is 0.210 e. The van der Waals surface area contributed by atoms with E-state index >= 15 is 0 Å². The van der Waals surface area contributed by atoms with Crippen LogP contribution in [0.1, 0.15) is 27.1 Å². The van der Waals surface area contributed by atoms with Crippen LogP contribution in [0.3, 0.4) is 0 Å². The van der Waals surface area contributed by atoms with Crippen LogP contribution in [0.25, 0.3) is 0 Å². The highest BCUT2D eigenvalue weighted by Crippen LogP contribution is 2.48. The van der Waals surface area contributed by atoms with Crippen molar-refractivity contribution in [3.05, 3.63) is 67.8 Å². The summed E-state index contributed by atoms with van der Waals surface area (Å²) in [7, 11) is 0. The normalized spacial score (nSPS) is 21.8. The van der Waals surface area contributed by atoms with E-state index in [0.717, 1.165) is 0 Å². The zero-order valence-corrected chi connectivity index (χ0v) is 15.5. The van der Waals surface area contributed by atoms with E-state index in [1.54, 1.807) is 36.4 Å². The highest BCUT2D eigenvalue weighted by atomic mass is 79.9. The average Bonchev–Trinajstić information content (AvgIpc) is 2.57. The van der Waals surface area contributed by atoms with E-state index in [0.29, 0.717) is 44.3 Å². The van der Waals surface area contributed by atoms with Crippen LogP contribution in [0.15, 0.2) is 56.7 Å². The molecule has 0 aromatic heterocycles. The molecule has 1 heterocycles. The summed E-state index contributed by atoms with van der Waals surface area (Å²) in [5.41, 5.74) is 0.817. The Bertz CT molecular complexity index is 902. The molecule has 6 heteroatoms. The lowest BCUT2D eigenvalue weighted by molar-refractivity contribution is -0.111. The fraction of sp³-hybridized carbons (Fsp3) is 0.167. The molecule has 1 spiro atoms. The maximum atomic E-state index is 13.1. The van der Waals surface area contributed by atoms with Crippen molar-refractivity contribution < 1.29 is 14.4 Å². The molecule has 0 bridgehead atoms. The molecule has 0 saturated heterocycles. The molecule has 1 aromatic rings. The van der Waals surface area contributed by atoms with Crippen LogP contribution in [0.4, 0.5) is 0 Å². The Hall–Kier alpha value is -1.79. The first kappa shape index (κ1) is 15.7. The van der Waals surface area contributed by atoms with Crippen molar-refractivity contribution >= 4 is 49.2 Å². The summed E-state index contributed by atoms with van der Waals surface area (Å²) < 4.78 is 0.787. The number of fused-ring (bicyclic) bond motifs is 2. The molecule has 4 rings (SSSR count). The second-order valence-electron chi connectivity index (χ2n) is 5.98. The second-order valence-corrected chi connectivity index (χ2v) is 7.69. The first-order valence-electron chi connectivity index (χ1n) is 7.43. The Balaban J connectivity index is 1.99. The molecular weight excluding hydrogens is 438 g/mol. The summed E-state index contributed by atoms with van der Waals surface area (Å²) in [4.78, 5) is 38.0. The van der Waals surface area contributed by atoms with Gasteiger partial charge in [-0.1, -0.05) is 36.4 Å². The summed E-state index contributed by atoms with van der Waals surface area (Å²) in [5.74, 6) is -0.517. The minimum atomic E-state index is -0.771. The molecule has 1 aromatic carbocycles. The van der Waals surface area contributed by atoms with Gasteiger partial charge in [0.05, 0.1) is 14.7 Å². The predicted molar refractivity (Wildman–Crippen MR) is 96.2 cm³/mol.